The van der Waals surface area contributed by atoms with E-state index in [2.05, 4.69) is 4.90 Å². The molecular weight excluding hydrogens is 317 g/mol. The van der Waals surface area contributed by atoms with Gasteiger partial charge in [0.1, 0.15) is 0 Å². The summed E-state index contributed by atoms with van der Waals surface area (Å²) in [5.41, 5.74) is 1.45. The average molecular weight is 334 g/mol. The topological polar surface area (TPSA) is 23.6 Å². The second-order valence-corrected chi connectivity index (χ2v) is 5.70. The van der Waals surface area contributed by atoms with Crippen LogP contribution >= 0.6 is 0 Å². The van der Waals surface area contributed by atoms with Gasteiger partial charge in [0.2, 0.25) is 0 Å². The summed E-state index contributed by atoms with van der Waals surface area (Å²) >= 11 is 0. The predicted molar refractivity (Wildman–Crippen MR) is 87.7 cm³/mol. The van der Waals surface area contributed by atoms with Crippen LogP contribution < -0.4 is 9.80 Å². The van der Waals surface area contributed by atoms with Crippen LogP contribution in [0.25, 0.3) is 0 Å². The van der Waals surface area contributed by atoms with Gasteiger partial charge in [0.05, 0.1) is 5.56 Å². The summed E-state index contributed by atoms with van der Waals surface area (Å²) in [7, 11) is 0. The molecule has 24 heavy (non-hydrogen) atoms. The highest BCUT2D eigenvalue weighted by Gasteiger charge is 2.31. The quantitative estimate of drug-likeness (QED) is 0.797. The van der Waals surface area contributed by atoms with Crippen LogP contribution in [0.3, 0.4) is 0 Å². The summed E-state index contributed by atoms with van der Waals surface area (Å²) in [5.74, 6) is 0. The maximum atomic E-state index is 12.8. The van der Waals surface area contributed by atoms with Crippen LogP contribution in [0.2, 0.25) is 0 Å². The third-order valence-electron chi connectivity index (χ3n) is 4.22. The van der Waals surface area contributed by atoms with Gasteiger partial charge in [-0.05, 0) is 30.3 Å². The van der Waals surface area contributed by atoms with Gasteiger partial charge in [-0.15, -0.1) is 0 Å². The Balaban J connectivity index is 1.73. The lowest BCUT2D eigenvalue weighted by Gasteiger charge is -2.38. The van der Waals surface area contributed by atoms with Crippen molar-refractivity contribution < 1.29 is 18.0 Å². The summed E-state index contributed by atoms with van der Waals surface area (Å²) in [5, 5.41) is 0. The smallest absolute Gasteiger partial charge is 0.368 e. The first kappa shape index (κ1) is 16.4. The lowest BCUT2D eigenvalue weighted by molar-refractivity contribution is -0.137. The van der Waals surface area contributed by atoms with E-state index in [0.29, 0.717) is 37.4 Å². The molecule has 1 fully saturated rings. The minimum absolute atomic E-state index is 0.577. The minimum atomic E-state index is -4.33. The second kappa shape index (κ2) is 6.55. The molecule has 3 nitrogen and oxygen atoms in total. The van der Waals surface area contributed by atoms with Gasteiger partial charge in [0.15, 0.2) is 6.29 Å². The molecule has 0 atom stereocenters. The molecule has 2 aromatic carbocycles. The van der Waals surface area contributed by atoms with E-state index in [0.717, 1.165) is 18.0 Å². The second-order valence-electron chi connectivity index (χ2n) is 5.70. The van der Waals surface area contributed by atoms with Crippen molar-refractivity contribution >= 4 is 17.7 Å². The maximum absolute atomic E-state index is 12.8. The summed E-state index contributed by atoms with van der Waals surface area (Å²) in [4.78, 5) is 15.2. The molecule has 0 amide bonds. The molecule has 0 aliphatic carbocycles. The van der Waals surface area contributed by atoms with Crippen LogP contribution in [0.15, 0.2) is 48.5 Å². The first-order valence-electron chi connectivity index (χ1n) is 7.70. The SMILES string of the molecule is O=Cc1ccccc1N1CCN(c2cccc(C(F)(F)F)c2)CC1. The number of benzene rings is 2. The third-order valence-corrected chi connectivity index (χ3v) is 4.22. The number of carbonyl (C=O) groups is 1. The number of aldehydes is 1. The minimum Gasteiger partial charge on any atom is -0.368 e. The molecule has 6 heteroatoms. The molecule has 1 aliphatic rings. The average Bonchev–Trinajstić information content (AvgIpc) is 2.61. The van der Waals surface area contributed by atoms with Crippen LogP contribution in [0.4, 0.5) is 24.5 Å². The summed E-state index contributed by atoms with van der Waals surface area (Å²) < 4.78 is 38.5. The van der Waals surface area contributed by atoms with Crippen LogP contribution in [-0.4, -0.2) is 32.5 Å². The molecule has 2 aromatic rings. The van der Waals surface area contributed by atoms with Gasteiger partial charge < -0.3 is 9.80 Å². The number of piperazine rings is 1. The molecule has 1 saturated heterocycles. The Labute approximate surface area is 138 Å². The molecule has 0 aromatic heterocycles. The number of alkyl halides is 3. The Morgan fingerprint density at radius 3 is 2.21 bits per heavy atom. The predicted octanol–water partition coefficient (Wildman–Crippen LogP) is 3.84. The molecule has 0 spiro atoms. The van der Waals surface area contributed by atoms with Crippen molar-refractivity contribution in [2.24, 2.45) is 0 Å². The highest BCUT2D eigenvalue weighted by atomic mass is 19.4. The number of nitrogens with zero attached hydrogens (tertiary/aromatic N) is 2. The number of rotatable bonds is 3. The number of carbonyl (C=O) groups excluding carboxylic acids is 1. The number of hydrogen-bond donors (Lipinski definition) is 0. The molecule has 0 saturated carbocycles. The Morgan fingerprint density at radius 2 is 1.54 bits per heavy atom. The van der Waals surface area contributed by atoms with Crippen molar-refractivity contribution in [3.63, 3.8) is 0 Å². The molecule has 0 N–H and O–H groups in total. The fourth-order valence-electron chi connectivity index (χ4n) is 2.96. The van der Waals surface area contributed by atoms with Crippen molar-refractivity contribution in [1.82, 2.24) is 0 Å². The molecule has 0 bridgehead atoms. The van der Waals surface area contributed by atoms with E-state index in [1.807, 2.05) is 23.1 Å². The number of halogens is 3. The zero-order chi connectivity index (χ0) is 17.2. The van der Waals surface area contributed by atoms with Crippen molar-refractivity contribution in [3.05, 3.63) is 59.7 Å². The van der Waals surface area contributed by atoms with Gasteiger partial charge in [-0.25, -0.2) is 0 Å². The van der Waals surface area contributed by atoms with Crippen LogP contribution in [0.5, 0.6) is 0 Å². The zero-order valence-corrected chi connectivity index (χ0v) is 13.0. The third kappa shape index (κ3) is 3.37. The van der Waals surface area contributed by atoms with E-state index in [4.69, 9.17) is 0 Å². The molecular formula is C18H17F3N2O. The van der Waals surface area contributed by atoms with E-state index in [-0.39, 0.29) is 0 Å². The van der Waals surface area contributed by atoms with E-state index < -0.39 is 11.7 Å². The highest BCUT2D eigenvalue weighted by molar-refractivity contribution is 5.84. The number of anilines is 2. The van der Waals surface area contributed by atoms with Crippen molar-refractivity contribution in [2.75, 3.05) is 36.0 Å². The van der Waals surface area contributed by atoms with E-state index >= 15 is 0 Å². The van der Waals surface area contributed by atoms with E-state index in [9.17, 15) is 18.0 Å². The van der Waals surface area contributed by atoms with Gasteiger partial charge >= 0.3 is 6.18 Å². The fraction of sp³-hybridized carbons (Fsp3) is 0.278. The standard InChI is InChI=1S/C18H17F3N2O/c19-18(20,21)15-5-3-6-16(12-15)22-8-10-23(11-9-22)17-7-2-1-4-14(17)13-24/h1-7,12-13H,8-11H2. The first-order chi connectivity index (χ1) is 11.5. The maximum Gasteiger partial charge on any atom is 0.416 e. The van der Waals surface area contributed by atoms with E-state index in [1.165, 1.54) is 12.1 Å². The lowest BCUT2D eigenvalue weighted by atomic mass is 10.1. The van der Waals surface area contributed by atoms with Gasteiger partial charge in [0.25, 0.3) is 0 Å². The largest absolute Gasteiger partial charge is 0.416 e. The zero-order valence-electron chi connectivity index (χ0n) is 13.0. The van der Waals surface area contributed by atoms with Gasteiger partial charge in [0, 0.05) is 43.1 Å². The highest BCUT2D eigenvalue weighted by Crippen LogP contribution is 2.32. The monoisotopic (exact) mass is 334 g/mol. The molecule has 0 unspecified atom stereocenters. The van der Waals surface area contributed by atoms with Crippen molar-refractivity contribution in [1.29, 1.82) is 0 Å². The molecule has 1 aliphatic heterocycles. The normalized spacial score (nSPS) is 15.5. The Morgan fingerprint density at radius 1 is 0.875 bits per heavy atom. The van der Waals surface area contributed by atoms with Gasteiger partial charge in [-0.1, -0.05) is 18.2 Å². The van der Waals surface area contributed by atoms with E-state index in [1.54, 1.807) is 12.1 Å². The van der Waals surface area contributed by atoms with Crippen LogP contribution in [0, 0.1) is 0 Å². The van der Waals surface area contributed by atoms with Gasteiger partial charge in [-0.3, -0.25) is 4.79 Å². The van der Waals surface area contributed by atoms with Crippen LogP contribution in [0.1, 0.15) is 15.9 Å². The molecule has 126 valence electrons. The van der Waals surface area contributed by atoms with Crippen LogP contribution in [-0.2, 0) is 6.18 Å². The Kier molecular flexibility index (Phi) is 4.46. The number of para-hydroxylation sites is 1. The molecule has 1 heterocycles. The van der Waals surface area contributed by atoms with Crippen molar-refractivity contribution in [2.45, 2.75) is 6.18 Å². The fourth-order valence-corrected chi connectivity index (χ4v) is 2.96. The van der Waals surface area contributed by atoms with Crippen molar-refractivity contribution in [3.8, 4) is 0 Å². The summed E-state index contributed by atoms with van der Waals surface area (Å²) in [6.07, 6.45) is -3.50. The Bertz CT molecular complexity index is 722. The van der Waals surface area contributed by atoms with Gasteiger partial charge in [-0.2, -0.15) is 13.2 Å². The summed E-state index contributed by atoms with van der Waals surface area (Å²) in [6, 6.07) is 12.8. The number of hydrogen-bond acceptors (Lipinski definition) is 3. The molecule has 0 radical (unpaired) electrons. The molecule has 3 rings (SSSR count). The lowest BCUT2D eigenvalue weighted by Crippen LogP contribution is -2.46. The summed E-state index contributed by atoms with van der Waals surface area (Å²) in [6.45, 7) is 2.52. The first-order valence-corrected chi connectivity index (χ1v) is 7.70. The Hall–Kier alpha value is -2.50.